The predicted octanol–water partition coefficient (Wildman–Crippen LogP) is 4.42. The molecule has 4 aromatic rings. The second kappa shape index (κ2) is 8.96. The molecule has 7 heteroatoms. The molecule has 0 unspecified atom stereocenters. The van der Waals surface area contributed by atoms with Gasteiger partial charge >= 0.3 is 11.9 Å². The van der Waals surface area contributed by atoms with Crippen LogP contribution in [0.1, 0.15) is 26.5 Å². The average molecular weight is 414 g/mol. The minimum atomic E-state index is -0.470. The van der Waals surface area contributed by atoms with E-state index in [4.69, 9.17) is 13.9 Å². The van der Waals surface area contributed by atoms with Crippen molar-refractivity contribution in [3.8, 4) is 11.5 Å². The predicted molar refractivity (Wildman–Crippen MR) is 116 cm³/mol. The SMILES string of the molecule is COc1ccc(C(=O)Oc2ccc(/C=N/NC(=O)c3cc4ccccc4o3)cc2)cc1. The van der Waals surface area contributed by atoms with E-state index in [1.807, 2.05) is 18.2 Å². The van der Waals surface area contributed by atoms with E-state index in [1.54, 1.807) is 67.8 Å². The third-order valence-electron chi connectivity index (χ3n) is 4.45. The van der Waals surface area contributed by atoms with Crippen LogP contribution in [0.15, 0.2) is 88.4 Å². The number of nitrogens with zero attached hydrogens (tertiary/aromatic N) is 1. The second-order valence-electron chi connectivity index (χ2n) is 6.53. The van der Waals surface area contributed by atoms with E-state index in [9.17, 15) is 9.59 Å². The van der Waals surface area contributed by atoms with Gasteiger partial charge in [0.1, 0.15) is 17.1 Å². The minimum Gasteiger partial charge on any atom is -0.497 e. The number of carbonyl (C=O) groups excluding carboxylic acids is 2. The summed E-state index contributed by atoms with van der Waals surface area (Å²) in [5, 5.41) is 4.78. The largest absolute Gasteiger partial charge is 0.497 e. The van der Waals surface area contributed by atoms with E-state index in [0.29, 0.717) is 28.2 Å². The maximum Gasteiger partial charge on any atom is 0.343 e. The van der Waals surface area contributed by atoms with Gasteiger partial charge in [-0.3, -0.25) is 4.79 Å². The van der Waals surface area contributed by atoms with Crippen LogP contribution in [-0.2, 0) is 0 Å². The first-order valence-corrected chi connectivity index (χ1v) is 9.41. The Labute approximate surface area is 177 Å². The van der Waals surface area contributed by atoms with Gasteiger partial charge < -0.3 is 13.9 Å². The molecule has 154 valence electrons. The molecule has 0 saturated heterocycles. The first-order chi connectivity index (χ1) is 15.1. The smallest absolute Gasteiger partial charge is 0.343 e. The fraction of sp³-hybridized carbons (Fsp3) is 0.0417. The maximum absolute atomic E-state index is 12.2. The highest BCUT2D eigenvalue weighted by molar-refractivity contribution is 5.96. The number of furan rings is 1. The first kappa shape index (κ1) is 19.9. The van der Waals surface area contributed by atoms with Crippen molar-refractivity contribution in [3.05, 3.63) is 95.7 Å². The van der Waals surface area contributed by atoms with Gasteiger partial charge in [-0.05, 0) is 66.2 Å². The van der Waals surface area contributed by atoms with E-state index in [2.05, 4.69) is 10.5 Å². The number of carbonyl (C=O) groups is 2. The summed E-state index contributed by atoms with van der Waals surface area (Å²) in [4.78, 5) is 24.4. The van der Waals surface area contributed by atoms with Crippen molar-refractivity contribution in [1.29, 1.82) is 0 Å². The van der Waals surface area contributed by atoms with Crippen LogP contribution < -0.4 is 14.9 Å². The Morgan fingerprint density at radius 1 is 0.935 bits per heavy atom. The number of fused-ring (bicyclic) bond motifs is 1. The van der Waals surface area contributed by atoms with Gasteiger partial charge in [0, 0.05) is 5.39 Å². The topological polar surface area (TPSA) is 90.1 Å². The third kappa shape index (κ3) is 4.79. The van der Waals surface area contributed by atoms with Crippen LogP contribution in [0.2, 0.25) is 0 Å². The summed E-state index contributed by atoms with van der Waals surface area (Å²) in [6, 6.07) is 22.4. The molecule has 0 bridgehead atoms. The zero-order valence-electron chi connectivity index (χ0n) is 16.6. The Morgan fingerprint density at radius 3 is 2.35 bits per heavy atom. The lowest BCUT2D eigenvalue weighted by Gasteiger charge is -2.05. The fourth-order valence-electron chi connectivity index (χ4n) is 2.83. The van der Waals surface area contributed by atoms with Crippen molar-refractivity contribution in [2.45, 2.75) is 0 Å². The van der Waals surface area contributed by atoms with Gasteiger partial charge in [0.15, 0.2) is 5.76 Å². The quantitative estimate of drug-likeness (QED) is 0.218. The zero-order chi connectivity index (χ0) is 21.6. The average Bonchev–Trinajstić information content (AvgIpc) is 3.25. The molecule has 0 atom stereocenters. The Bertz CT molecular complexity index is 1210. The van der Waals surface area contributed by atoms with Gasteiger partial charge in [0.2, 0.25) is 0 Å². The number of methoxy groups -OCH3 is 1. The highest BCUT2D eigenvalue weighted by atomic mass is 16.5. The van der Waals surface area contributed by atoms with Gasteiger partial charge in [-0.2, -0.15) is 5.10 Å². The van der Waals surface area contributed by atoms with Crippen molar-refractivity contribution in [3.63, 3.8) is 0 Å². The van der Waals surface area contributed by atoms with Gasteiger partial charge in [0.05, 0.1) is 18.9 Å². The summed E-state index contributed by atoms with van der Waals surface area (Å²) in [5.74, 6) is 0.315. The van der Waals surface area contributed by atoms with E-state index in [-0.39, 0.29) is 5.76 Å². The molecule has 0 saturated carbocycles. The molecule has 7 nitrogen and oxygen atoms in total. The lowest BCUT2D eigenvalue weighted by atomic mass is 10.2. The molecule has 3 aromatic carbocycles. The summed E-state index contributed by atoms with van der Waals surface area (Å²) in [7, 11) is 1.56. The number of amides is 1. The van der Waals surface area contributed by atoms with Crippen LogP contribution >= 0.6 is 0 Å². The molecular weight excluding hydrogens is 396 g/mol. The van der Waals surface area contributed by atoms with E-state index < -0.39 is 11.9 Å². The summed E-state index contributed by atoms with van der Waals surface area (Å²) in [5.41, 5.74) is 4.20. The monoisotopic (exact) mass is 414 g/mol. The number of ether oxygens (including phenoxy) is 2. The lowest BCUT2D eigenvalue weighted by molar-refractivity contribution is 0.0734. The van der Waals surface area contributed by atoms with Crippen molar-refractivity contribution in [2.24, 2.45) is 5.10 Å². The molecular formula is C24H18N2O5. The fourth-order valence-corrected chi connectivity index (χ4v) is 2.83. The molecule has 0 aliphatic heterocycles. The number of hydrogen-bond acceptors (Lipinski definition) is 6. The molecule has 1 N–H and O–H groups in total. The van der Waals surface area contributed by atoms with Crippen molar-refractivity contribution >= 4 is 29.1 Å². The number of para-hydroxylation sites is 1. The Kier molecular flexibility index (Phi) is 5.75. The van der Waals surface area contributed by atoms with Crippen molar-refractivity contribution in [2.75, 3.05) is 7.11 Å². The van der Waals surface area contributed by atoms with Crippen molar-refractivity contribution in [1.82, 2.24) is 5.43 Å². The Balaban J connectivity index is 1.33. The number of hydrazone groups is 1. The van der Waals surface area contributed by atoms with E-state index in [1.165, 1.54) is 6.21 Å². The Morgan fingerprint density at radius 2 is 1.65 bits per heavy atom. The second-order valence-corrected chi connectivity index (χ2v) is 6.53. The molecule has 0 spiro atoms. The van der Waals surface area contributed by atoms with Gasteiger partial charge in [-0.15, -0.1) is 0 Å². The van der Waals surface area contributed by atoms with Crippen LogP contribution in [0.3, 0.4) is 0 Å². The molecule has 0 radical (unpaired) electrons. The van der Waals surface area contributed by atoms with Crippen molar-refractivity contribution < 1.29 is 23.5 Å². The summed E-state index contributed by atoms with van der Waals surface area (Å²) >= 11 is 0. The van der Waals surface area contributed by atoms with E-state index >= 15 is 0 Å². The third-order valence-corrected chi connectivity index (χ3v) is 4.45. The van der Waals surface area contributed by atoms with Crippen LogP contribution in [0.5, 0.6) is 11.5 Å². The molecule has 1 aromatic heterocycles. The molecule has 0 aliphatic carbocycles. The van der Waals surface area contributed by atoms with Crippen LogP contribution in [0.4, 0.5) is 0 Å². The molecule has 1 heterocycles. The summed E-state index contributed by atoms with van der Waals surface area (Å²) in [6.45, 7) is 0. The number of nitrogens with one attached hydrogen (secondary N) is 1. The lowest BCUT2D eigenvalue weighted by Crippen LogP contribution is -2.16. The highest BCUT2D eigenvalue weighted by Gasteiger charge is 2.11. The van der Waals surface area contributed by atoms with Gasteiger partial charge in [-0.1, -0.05) is 18.2 Å². The van der Waals surface area contributed by atoms with E-state index in [0.717, 1.165) is 5.39 Å². The molecule has 0 aliphatic rings. The summed E-state index contributed by atoms with van der Waals surface area (Å²) < 4.78 is 15.9. The van der Waals surface area contributed by atoms with Gasteiger partial charge in [0.25, 0.3) is 0 Å². The standard InChI is InChI=1S/C24H18N2O5/c1-29-19-12-8-17(9-13-19)24(28)30-20-10-6-16(7-11-20)15-25-26-23(27)22-14-18-4-2-3-5-21(18)31-22/h2-15H,1H3,(H,26,27)/b25-15+. The summed E-state index contributed by atoms with van der Waals surface area (Å²) in [6.07, 6.45) is 1.48. The maximum atomic E-state index is 12.2. The van der Waals surface area contributed by atoms with Crippen LogP contribution in [-0.4, -0.2) is 25.2 Å². The van der Waals surface area contributed by atoms with Crippen LogP contribution in [0.25, 0.3) is 11.0 Å². The minimum absolute atomic E-state index is 0.180. The highest BCUT2D eigenvalue weighted by Crippen LogP contribution is 2.19. The number of benzene rings is 3. The number of esters is 1. The first-order valence-electron chi connectivity index (χ1n) is 9.41. The zero-order valence-corrected chi connectivity index (χ0v) is 16.6. The van der Waals surface area contributed by atoms with Gasteiger partial charge in [-0.25, -0.2) is 10.2 Å². The molecule has 1 amide bonds. The molecule has 31 heavy (non-hydrogen) atoms. The molecule has 0 fully saturated rings. The normalized spacial score (nSPS) is 10.9. The molecule has 4 rings (SSSR count). The number of hydrogen-bond donors (Lipinski definition) is 1. The number of rotatable bonds is 6. The van der Waals surface area contributed by atoms with Crippen LogP contribution in [0, 0.1) is 0 Å². The Hall–Kier alpha value is -4.39.